The average molecular weight is 350 g/mol. The normalized spacial score (nSPS) is 14.0. The zero-order chi connectivity index (χ0) is 18.6. The van der Waals surface area contributed by atoms with Gasteiger partial charge in [0.1, 0.15) is 0 Å². The smallest absolute Gasteiger partial charge is 0.325 e. The van der Waals surface area contributed by atoms with Gasteiger partial charge in [0.2, 0.25) is 5.91 Å². The Labute approximate surface area is 145 Å². The lowest BCUT2D eigenvalue weighted by Gasteiger charge is -2.21. The zero-order valence-electron chi connectivity index (χ0n) is 14.3. The molecule has 0 saturated carbocycles. The Morgan fingerprint density at radius 3 is 2.16 bits per heavy atom. The summed E-state index contributed by atoms with van der Waals surface area (Å²) in [5, 5.41) is 5.82. The van der Waals surface area contributed by atoms with Crippen LogP contribution in [-0.2, 0) is 11.0 Å². The van der Waals surface area contributed by atoms with E-state index in [1.54, 1.807) is 6.92 Å². The summed E-state index contributed by atoms with van der Waals surface area (Å²) in [7, 11) is 0. The lowest BCUT2D eigenvalue weighted by Crippen LogP contribution is -2.39. The van der Waals surface area contributed by atoms with Gasteiger partial charge in [-0.15, -0.1) is 0 Å². The monoisotopic (exact) mass is 350 g/mol. The van der Waals surface area contributed by atoms with Crippen molar-refractivity contribution >= 4 is 11.6 Å². The quantitative estimate of drug-likeness (QED) is 0.821. The van der Waals surface area contributed by atoms with Gasteiger partial charge in [-0.3, -0.25) is 10.1 Å². The molecule has 134 valence electrons. The van der Waals surface area contributed by atoms with Crippen molar-refractivity contribution in [3.63, 3.8) is 0 Å². The number of alkyl halides is 3. The number of anilines is 1. The molecule has 0 aliphatic heterocycles. The fraction of sp³-hybridized carbons (Fsp3) is 0.316. The molecule has 0 heterocycles. The van der Waals surface area contributed by atoms with E-state index in [1.807, 2.05) is 38.1 Å². The maximum atomic E-state index is 12.6. The van der Waals surface area contributed by atoms with Crippen molar-refractivity contribution in [1.82, 2.24) is 5.32 Å². The first-order valence-corrected chi connectivity index (χ1v) is 7.98. The fourth-order valence-electron chi connectivity index (χ4n) is 2.61. The molecule has 2 atom stereocenters. The van der Waals surface area contributed by atoms with Crippen molar-refractivity contribution in [2.45, 2.75) is 39.0 Å². The van der Waals surface area contributed by atoms with E-state index in [9.17, 15) is 18.0 Å². The molecule has 0 aliphatic carbocycles. The number of aryl methyl sites for hydroxylation is 1. The minimum Gasteiger partial charge on any atom is -0.325 e. The fourth-order valence-corrected chi connectivity index (χ4v) is 2.61. The second-order valence-electron chi connectivity index (χ2n) is 6.03. The van der Waals surface area contributed by atoms with Crippen molar-refractivity contribution in [3.05, 3.63) is 65.2 Å². The highest BCUT2D eigenvalue weighted by Crippen LogP contribution is 2.29. The molecule has 1 amide bonds. The van der Waals surface area contributed by atoms with Crippen LogP contribution in [-0.4, -0.2) is 11.9 Å². The largest absolute Gasteiger partial charge is 0.416 e. The van der Waals surface area contributed by atoms with Crippen LogP contribution < -0.4 is 10.6 Å². The zero-order valence-corrected chi connectivity index (χ0v) is 14.3. The van der Waals surface area contributed by atoms with Crippen LogP contribution in [0.25, 0.3) is 0 Å². The molecule has 0 unspecified atom stereocenters. The Bertz CT molecular complexity index is 726. The molecule has 0 aliphatic rings. The van der Waals surface area contributed by atoms with Crippen LogP contribution in [0.15, 0.2) is 48.5 Å². The first-order chi connectivity index (χ1) is 11.7. The van der Waals surface area contributed by atoms with Gasteiger partial charge in [0.15, 0.2) is 0 Å². The molecule has 0 radical (unpaired) electrons. The van der Waals surface area contributed by atoms with Gasteiger partial charge in [-0.1, -0.05) is 24.3 Å². The molecule has 3 nitrogen and oxygen atoms in total. The van der Waals surface area contributed by atoms with Gasteiger partial charge in [-0.25, -0.2) is 0 Å². The lowest BCUT2D eigenvalue weighted by atomic mass is 10.0. The van der Waals surface area contributed by atoms with Gasteiger partial charge in [0.25, 0.3) is 0 Å². The minimum atomic E-state index is -4.39. The van der Waals surface area contributed by atoms with Crippen LogP contribution in [0.5, 0.6) is 0 Å². The third kappa shape index (κ3) is 5.06. The molecule has 0 fully saturated rings. The molecular formula is C19H21F3N2O. The predicted octanol–water partition coefficient (Wildman–Crippen LogP) is 4.69. The van der Waals surface area contributed by atoms with Crippen LogP contribution in [0.2, 0.25) is 0 Å². The minimum absolute atomic E-state index is 0.0328. The average Bonchev–Trinajstić information content (AvgIpc) is 2.54. The number of benzene rings is 2. The highest BCUT2D eigenvalue weighted by atomic mass is 19.4. The number of carbonyl (C=O) groups excluding carboxylic acids is 1. The van der Waals surface area contributed by atoms with Gasteiger partial charge in [0.05, 0.1) is 11.6 Å². The first-order valence-electron chi connectivity index (χ1n) is 7.98. The number of carbonyl (C=O) groups is 1. The van der Waals surface area contributed by atoms with E-state index in [2.05, 4.69) is 10.6 Å². The summed E-state index contributed by atoms with van der Waals surface area (Å²) in [5.41, 5.74) is 1.80. The third-order valence-electron chi connectivity index (χ3n) is 4.03. The highest BCUT2D eigenvalue weighted by molar-refractivity contribution is 5.94. The van der Waals surface area contributed by atoms with Crippen LogP contribution >= 0.6 is 0 Å². The van der Waals surface area contributed by atoms with Crippen molar-refractivity contribution in [2.24, 2.45) is 0 Å². The number of rotatable bonds is 5. The molecule has 2 N–H and O–H groups in total. The highest BCUT2D eigenvalue weighted by Gasteiger charge is 2.30. The van der Waals surface area contributed by atoms with Crippen LogP contribution in [0, 0.1) is 6.92 Å². The molecule has 0 spiro atoms. The van der Waals surface area contributed by atoms with E-state index in [0.717, 1.165) is 23.3 Å². The van der Waals surface area contributed by atoms with E-state index >= 15 is 0 Å². The Balaban J connectivity index is 1.97. The van der Waals surface area contributed by atoms with Gasteiger partial charge < -0.3 is 5.32 Å². The van der Waals surface area contributed by atoms with Crippen LogP contribution in [0.3, 0.4) is 0 Å². The lowest BCUT2D eigenvalue weighted by molar-refractivity contribution is -0.137. The van der Waals surface area contributed by atoms with E-state index in [0.29, 0.717) is 5.69 Å². The Hall–Kier alpha value is -2.34. The number of hydrogen-bond donors (Lipinski definition) is 2. The molecule has 2 rings (SSSR count). The SMILES string of the molecule is Cc1ccccc1[C@H](C)N[C@H](C)C(=O)Nc1ccc(C(F)(F)F)cc1. The Morgan fingerprint density at radius 1 is 1.00 bits per heavy atom. The van der Waals surface area contributed by atoms with Crippen molar-refractivity contribution in [2.75, 3.05) is 5.32 Å². The summed E-state index contributed by atoms with van der Waals surface area (Å²) in [4.78, 5) is 12.3. The Kier molecular flexibility index (Phi) is 5.85. The molecule has 6 heteroatoms. The van der Waals surface area contributed by atoms with Crippen molar-refractivity contribution in [3.8, 4) is 0 Å². The predicted molar refractivity (Wildman–Crippen MR) is 92.3 cm³/mol. The molecule has 2 aromatic rings. The molecule has 0 saturated heterocycles. The third-order valence-corrected chi connectivity index (χ3v) is 4.03. The second-order valence-corrected chi connectivity index (χ2v) is 6.03. The summed E-state index contributed by atoms with van der Waals surface area (Å²) in [6, 6.07) is 11.7. The van der Waals surface area contributed by atoms with E-state index in [-0.39, 0.29) is 11.9 Å². The summed E-state index contributed by atoms with van der Waals surface area (Å²) in [6.07, 6.45) is -4.39. The number of nitrogens with one attached hydrogen (secondary N) is 2. The number of hydrogen-bond acceptors (Lipinski definition) is 2. The van der Waals surface area contributed by atoms with Crippen LogP contribution in [0.4, 0.5) is 18.9 Å². The van der Waals surface area contributed by atoms with Gasteiger partial charge in [-0.05, 0) is 56.2 Å². The topological polar surface area (TPSA) is 41.1 Å². The van der Waals surface area contributed by atoms with E-state index in [4.69, 9.17) is 0 Å². The molecule has 2 aromatic carbocycles. The van der Waals surface area contributed by atoms with E-state index < -0.39 is 17.8 Å². The summed E-state index contributed by atoms with van der Waals surface area (Å²) >= 11 is 0. The molecule has 25 heavy (non-hydrogen) atoms. The van der Waals surface area contributed by atoms with Crippen LogP contribution in [0.1, 0.15) is 36.6 Å². The Morgan fingerprint density at radius 2 is 1.60 bits per heavy atom. The second kappa shape index (κ2) is 7.70. The molecule has 0 aromatic heterocycles. The maximum absolute atomic E-state index is 12.6. The van der Waals surface area contributed by atoms with Crippen molar-refractivity contribution < 1.29 is 18.0 Å². The van der Waals surface area contributed by atoms with Crippen molar-refractivity contribution in [1.29, 1.82) is 0 Å². The van der Waals surface area contributed by atoms with Gasteiger partial charge in [0, 0.05) is 11.7 Å². The van der Waals surface area contributed by atoms with E-state index in [1.165, 1.54) is 12.1 Å². The van der Waals surface area contributed by atoms with Gasteiger partial charge in [-0.2, -0.15) is 13.2 Å². The number of halogens is 3. The first kappa shape index (κ1) is 19.0. The summed E-state index contributed by atoms with van der Waals surface area (Å²) in [5.74, 6) is -0.305. The molecular weight excluding hydrogens is 329 g/mol. The van der Waals surface area contributed by atoms with Gasteiger partial charge >= 0.3 is 6.18 Å². The molecule has 0 bridgehead atoms. The summed E-state index contributed by atoms with van der Waals surface area (Å²) < 4.78 is 37.7. The summed E-state index contributed by atoms with van der Waals surface area (Å²) in [6.45, 7) is 5.68. The maximum Gasteiger partial charge on any atom is 0.416 e. The standard InChI is InChI=1S/C19H21F3N2O/c1-12-6-4-5-7-17(12)13(2)23-14(3)18(25)24-16-10-8-15(9-11-16)19(20,21)22/h4-11,13-14,23H,1-3H3,(H,24,25)/t13-,14+/m0/s1. The number of amides is 1.